The molecule has 0 nitrogen and oxygen atoms in total. The van der Waals surface area contributed by atoms with Crippen molar-refractivity contribution in [3.63, 3.8) is 0 Å². The van der Waals surface area contributed by atoms with Gasteiger partial charge in [0.1, 0.15) is 0 Å². The van der Waals surface area contributed by atoms with Gasteiger partial charge in [-0.1, -0.05) is 32.3 Å². The zero-order valence-electron chi connectivity index (χ0n) is 3.87. The number of allylic oxidation sites excluding steroid dienone is 3. The van der Waals surface area contributed by atoms with Gasteiger partial charge >= 0.3 is 0 Å². The average molecular weight is 305 g/mol. The van der Waals surface area contributed by atoms with E-state index < -0.39 is 0 Å². The van der Waals surface area contributed by atoms with E-state index in [0.29, 0.717) is 0 Å². The van der Waals surface area contributed by atoms with Crippen molar-refractivity contribution in [1.29, 1.82) is 0 Å². The lowest BCUT2D eigenvalue weighted by Gasteiger charge is -1.92. The molecule has 0 aromatic rings. The Labute approximate surface area is 71.5 Å². The molecule has 1 heterocycles. The van der Waals surface area contributed by atoms with Crippen LogP contribution in [0.1, 0.15) is 0 Å². The van der Waals surface area contributed by atoms with Gasteiger partial charge in [-0.25, -0.2) is 0 Å². The molecule has 0 radical (unpaired) electrons. The van der Waals surface area contributed by atoms with Crippen molar-refractivity contribution in [1.82, 2.24) is 0 Å². The van der Waals surface area contributed by atoms with Gasteiger partial charge in [0, 0.05) is 5.03 Å². The molecular formula is C5H3BrClI. The maximum atomic E-state index is 5.65. The lowest BCUT2D eigenvalue weighted by atomic mass is 10.5. The second-order valence-corrected chi connectivity index (χ2v) is 6.41. The molecule has 0 fully saturated rings. The van der Waals surface area contributed by atoms with Gasteiger partial charge in [0.25, 0.3) is 0 Å². The third kappa shape index (κ3) is 1.99. The molecule has 3 heteroatoms. The maximum absolute atomic E-state index is 5.65. The number of hydrogen-bond donors (Lipinski definition) is 0. The van der Waals surface area contributed by atoms with Crippen molar-refractivity contribution in [2.24, 2.45) is 0 Å². The van der Waals surface area contributed by atoms with Crippen LogP contribution < -0.4 is 0 Å². The molecule has 1 aliphatic rings. The van der Waals surface area contributed by atoms with E-state index in [1.165, 1.54) is 2.42 Å². The van der Waals surface area contributed by atoms with Crippen LogP contribution in [0.3, 0.4) is 0 Å². The predicted octanol–water partition coefficient (Wildman–Crippen LogP) is 3.13. The van der Waals surface area contributed by atoms with Crippen LogP contribution in [-0.2, 0) is 0 Å². The van der Waals surface area contributed by atoms with Crippen molar-refractivity contribution in [3.05, 3.63) is 21.3 Å². The minimum Gasteiger partial charge on any atom is -0.0839 e. The molecule has 8 heavy (non-hydrogen) atoms. The molecule has 0 aliphatic carbocycles. The van der Waals surface area contributed by atoms with Crippen LogP contribution in [0.25, 0.3) is 0 Å². The Bertz CT molecular complexity index is 161. The summed E-state index contributed by atoms with van der Waals surface area (Å²) in [4.78, 5) is 0. The van der Waals surface area contributed by atoms with E-state index in [9.17, 15) is 0 Å². The van der Waals surface area contributed by atoms with E-state index in [4.69, 9.17) is 11.6 Å². The Kier molecular flexibility index (Phi) is 2.72. The van der Waals surface area contributed by atoms with Crippen molar-refractivity contribution in [2.45, 2.75) is 0 Å². The van der Waals surface area contributed by atoms with E-state index in [0.717, 1.165) is 5.03 Å². The van der Waals surface area contributed by atoms with Gasteiger partial charge < -0.3 is 0 Å². The lowest BCUT2D eigenvalue weighted by molar-refractivity contribution is 1.99. The molecule has 0 N–H and O–H groups in total. The second-order valence-electron chi connectivity index (χ2n) is 1.23. The quantitative estimate of drug-likeness (QED) is 0.603. The fourth-order valence-electron chi connectivity index (χ4n) is 0.320. The molecule has 44 valence electrons. The van der Waals surface area contributed by atoms with Crippen LogP contribution in [0.5, 0.6) is 0 Å². The van der Waals surface area contributed by atoms with E-state index in [1.54, 1.807) is 0 Å². The Morgan fingerprint density at radius 1 is 1.50 bits per heavy atom. The largest absolute Gasteiger partial charge is 0.0839 e. The first-order valence-electron chi connectivity index (χ1n) is 1.98. The van der Waals surface area contributed by atoms with Gasteiger partial charge in [-0.3, -0.25) is 0 Å². The highest BCUT2D eigenvalue weighted by molar-refractivity contribution is 14.2. The highest BCUT2D eigenvalue weighted by Crippen LogP contribution is 2.20. The van der Waals surface area contributed by atoms with E-state index >= 15 is 0 Å². The minimum atomic E-state index is 0.0643. The second kappa shape index (κ2) is 3.13. The fourth-order valence-corrected chi connectivity index (χ4v) is 2.56. The van der Waals surface area contributed by atoms with Crippen molar-refractivity contribution < 1.29 is 0 Å². The van der Waals surface area contributed by atoms with Gasteiger partial charge in [0.05, 0.1) is 2.42 Å². The molecule has 0 aromatic carbocycles. The maximum Gasteiger partial charge on any atom is 0.0507 e. The van der Waals surface area contributed by atoms with Gasteiger partial charge in [-0.05, 0) is 32.2 Å². The van der Waals surface area contributed by atoms with Crippen LogP contribution in [0.2, 0.25) is 0 Å². The molecule has 0 spiro atoms. The van der Waals surface area contributed by atoms with E-state index in [1.807, 2.05) is 12.2 Å². The van der Waals surface area contributed by atoms with Crippen LogP contribution >= 0.6 is 48.3 Å². The van der Waals surface area contributed by atoms with Crippen LogP contribution in [-0.4, -0.2) is 2.42 Å². The fraction of sp³-hybridized carbons (Fsp3) is 0. The van der Waals surface area contributed by atoms with Crippen LogP contribution in [0.15, 0.2) is 21.3 Å². The topological polar surface area (TPSA) is 0 Å². The molecular weight excluding hydrogens is 302 g/mol. The Hall–Kier alpha value is 0.850. The summed E-state index contributed by atoms with van der Waals surface area (Å²) in [5.41, 5.74) is 0. The number of hydrogen-bond acceptors (Lipinski definition) is 0. The third-order valence-corrected chi connectivity index (χ3v) is 4.60. The predicted molar refractivity (Wildman–Crippen MR) is 51.0 cm³/mol. The summed E-state index contributed by atoms with van der Waals surface area (Å²) < 4.78 is 3.37. The average Bonchev–Trinajstić information content (AvgIpc) is 1.77. The van der Waals surface area contributed by atoms with Gasteiger partial charge in [0.15, 0.2) is 0 Å². The highest BCUT2D eigenvalue weighted by Gasteiger charge is 1.90. The zero-order valence-corrected chi connectivity index (χ0v) is 8.37. The van der Waals surface area contributed by atoms with Crippen LogP contribution in [0, 0.1) is 0 Å². The molecule has 0 atom stereocenters. The summed E-state index contributed by atoms with van der Waals surface area (Å²) in [5, 5.41) is 0.876. The van der Waals surface area contributed by atoms with Crippen LogP contribution in [0.4, 0.5) is 0 Å². The first-order valence-corrected chi connectivity index (χ1v) is 5.48. The summed E-state index contributed by atoms with van der Waals surface area (Å²) in [6.45, 7) is 0. The van der Waals surface area contributed by atoms with Gasteiger partial charge in [-0.15, -0.1) is 0 Å². The Morgan fingerprint density at radius 2 is 2.25 bits per heavy atom. The van der Waals surface area contributed by atoms with Crippen molar-refractivity contribution in [3.8, 4) is 0 Å². The molecule has 0 amide bonds. The SMILES string of the molecule is ClC1=CI=C(Br)C=C1. The van der Waals surface area contributed by atoms with Crippen molar-refractivity contribution in [2.75, 3.05) is 0 Å². The molecule has 1 aliphatic heterocycles. The minimum absolute atomic E-state index is 0.0643. The Morgan fingerprint density at radius 3 is 2.62 bits per heavy atom. The molecule has 0 unspecified atom stereocenters. The van der Waals surface area contributed by atoms with Gasteiger partial charge in [0.2, 0.25) is 0 Å². The first-order chi connectivity index (χ1) is 3.79. The summed E-state index contributed by atoms with van der Waals surface area (Å²) in [5.74, 6) is 0. The molecule has 0 bridgehead atoms. The first kappa shape index (κ1) is 6.96. The summed E-state index contributed by atoms with van der Waals surface area (Å²) in [6.07, 6.45) is 3.91. The smallest absolute Gasteiger partial charge is 0.0507 e. The standard InChI is InChI=1S/C5H3BrClI/c6-5-2-1-4(7)3-8-5/h1-3H. The third-order valence-electron chi connectivity index (χ3n) is 0.632. The zero-order chi connectivity index (χ0) is 5.98. The molecule has 0 aromatic heterocycles. The number of halogens is 3. The van der Waals surface area contributed by atoms with Crippen molar-refractivity contribution >= 4 is 50.7 Å². The number of rotatable bonds is 0. The lowest BCUT2D eigenvalue weighted by Crippen LogP contribution is -1.74. The summed E-state index contributed by atoms with van der Waals surface area (Å²) in [7, 11) is 0. The molecule has 1 rings (SSSR count). The summed E-state index contributed by atoms with van der Waals surface area (Å²) in [6, 6.07) is 0. The summed E-state index contributed by atoms with van der Waals surface area (Å²) >= 11 is 9.11. The van der Waals surface area contributed by atoms with E-state index in [-0.39, 0.29) is 20.7 Å². The van der Waals surface area contributed by atoms with Gasteiger partial charge in [-0.2, -0.15) is 0 Å². The molecule has 0 saturated carbocycles. The monoisotopic (exact) mass is 304 g/mol. The van der Waals surface area contributed by atoms with E-state index in [2.05, 4.69) is 20.0 Å². The molecule has 0 saturated heterocycles. The Balaban J connectivity index is 2.86. The normalized spacial score (nSPS) is 18.8. The highest BCUT2D eigenvalue weighted by atomic mass is 127.